The fourth-order valence-electron chi connectivity index (χ4n) is 1.56. The Hall–Kier alpha value is -1.44. The number of benzene rings is 1. The van der Waals surface area contributed by atoms with Crippen LogP contribution < -0.4 is 10.5 Å². The molecule has 0 radical (unpaired) electrons. The molecular formula is C12H11BrN2O3S. The van der Waals surface area contributed by atoms with Crippen molar-refractivity contribution in [3.05, 3.63) is 54.7 Å². The van der Waals surface area contributed by atoms with Crippen LogP contribution in [0.15, 0.2) is 34.1 Å². The van der Waals surface area contributed by atoms with Crippen LogP contribution in [0.1, 0.15) is 10.4 Å². The highest BCUT2D eigenvalue weighted by atomic mass is 79.9. The second-order valence-corrected chi connectivity index (χ2v) is 5.68. The lowest BCUT2D eigenvalue weighted by molar-refractivity contribution is -0.384. The monoisotopic (exact) mass is 342 g/mol. The summed E-state index contributed by atoms with van der Waals surface area (Å²) in [6.07, 6.45) is 0. The Morgan fingerprint density at radius 3 is 2.79 bits per heavy atom. The Kier molecular flexibility index (Phi) is 4.52. The van der Waals surface area contributed by atoms with Crippen LogP contribution in [0.2, 0.25) is 0 Å². The van der Waals surface area contributed by atoms with Gasteiger partial charge in [0.05, 0.1) is 4.92 Å². The number of hydrogen-bond acceptors (Lipinski definition) is 5. The Labute approximate surface area is 122 Å². The highest BCUT2D eigenvalue weighted by molar-refractivity contribution is 9.10. The smallest absolute Gasteiger partial charge is 0.270 e. The average Bonchev–Trinajstić information content (AvgIpc) is 2.81. The van der Waals surface area contributed by atoms with Crippen LogP contribution in [0.25, 0.3) is 0 Å². The van der Waals surface area contributed by atoms with Crippen molar-refractivity contribution in [3.8, 4) is 5.75 Å². The normalized spacial score (nSPS) is 10.4. The minimum Gasteiger partial charge on any atom is -0.488 e. The van der Waals surface area contributed by atoms with E-state index in [0.717, 1.165) is 9.35 Å². The van der Waals surface area contributed by atoms with Gasteiger partial charge in [0.2, 0.25) is 0 Å². The number of nitrogens with zero attached hydrogens (tertiary/aromatic N) is 1. The van der Waals surface area contributed by atoms with Crippen molar-refractivity contribution in [1.82, 2.24) is 0 Å². The highest BCUT2D eigenvalue weighted by Gasteiger charge is 2.11. The number of non-ortho nitro benzene ring substituents is 1. The number of halogens is 1. The molecule has 19 heavy (non-hydrogen) atoms. The van der Waals surface area contributed by atoms with Crippen molar-refractivity contribution in [2.24, 2.45) is 5.73 Å². The quantitative estimate of drug-likeness (QED) is 0.666. The fourth-order valence-corrected chi connectivity index (χ4v) is 2.92. The largest absolute Gasteiger partial charge is 0.488 e. The van der Waals surface area contributed by atoms with Crippen LogP contribution in [-0.4, -0.2) is 4.92 Å². The van der Waals surface area contributed by atoms with Crippen molar-refractivity contribution in [1.29, 1.82) is 0 Å². The molecule has 5 nitrogen and oxygen atoms in total. The molecule has 2 N–H and O–H groups in total. The van der Waals surface area contributed by atoms with Crippen LogP contribution in [-0.2, 0) is 13.2 Å². The molecule has 0 aliphatic carbocycles. The molecule has 0 fully saturated rings. The first-order valence-electron chi connectivity index (χ1n) is 5.43. The number of hydrogen-bond donors (Lipinski definition) is 1. The van der Waals surface area contributed by atoms with Gasteiger partial charge in [0.15, 0.2) is 0 Å². The minimum atomic E-state index is -0.445. The molecule has 0 saturated carbocycles. The molecule has 0 unspecified atom stereocenters. The lowest BCUT2D eigenvalue weighted by Gasteiger charge is -2.09. The minimum absolute atomic E-state index is 0.0201. The number of nitro groups is 1. The van der Waals surface area contributed by atoms with Gasteiger partial charge in [-0.2, -0.15) is 0 Å². The fraction of sp³-hybridized carbons (Fsp3) is 0.167. The van der Waals surface area contributed by atoms with Crippen LogP contribution in [0.5, 0.6) is 5.75 Å². The number of rotatable bonds is 5. The topological polar surface area (TPSA) is 78.4 Å². The van der Waals surface area contributed by atoms with Gasteiger partial charge in [-0.25, -0.2) is 0 Å². The summed E-state index contributed by atoms with van der Waals surface area (Å²) in [7, 11) is 0. The number of nitrogens with two attached hydrogens (primary N) is 1. The van der Waals surface area contributed by atoms with E-state index in [1.54, 1.807) is 17.4 Å². The average molecular weight is 343 g/mol. The summed E-state index contributed by atoms with van der Waals surface area (Å²) in [5.74, 6) is 0.581. The third kappa shape index (κ3) is 3.52. The summed E-state index contributed by atoms with van der Waals surface area (Å²) in [5.41, 5.74) is 6.23. The predicted molar refractivity (Wildman–Crippen MR) is 77.3 cm³/mol. The second-order valence-electron chi connectivity index (χ2n) is 3.77. The van der Waals surface area contributed by atoms with Gasteiger partial charge >= 0.3 is 0 Å². The van der Waals surface area contributed by atoms with E-state index in [0.29, 0.717) is 17.9 Å². The maximum absolute atomic E-state index is 10.7. The zero-order chi connectivity index (χ0) is 13.8. The molecule has 2 rings (SSSR count). The van der Waals surface area contributed by atoms with E-state index in [4.69, 9.17) is 10.5 Å². The third-order valence-electron chi connectivity index (χ3n) is 2.47. The van der Waals surface area contributed by atoms with E-state index in [9.17, 15) is 10.1 Å². The summed E-state index contributed by atoms with van der Waals surface area (Å²) in [4.78, 5) is 11.3. The number of thiophene rings is 1. The first-order valence-corrected chi connectivity index (χ1v) is 7.10. The van der Waals surface area contributed by atoms with Crippen molar-refractivity contribution in [2.45, 2.75) is 13.2 Å². The summed E-state index contributed by atoms with van der Waals surface area (Å²) >= 11 is 4.95. The Balaban J connectivity index is 2.13. The van der Waals surface area contributed by atoms with Crippen LogP contribution in [0.4, 0.5) is 5.69 Å². The lowest BCUT2D eigenvalue weighted by Crippen LogP contribution is -2.03. The number of ether oxygens (including phenoxy) is 1. The van der Waals surface area contributed by atoms with Gasteiger partial charge in [0, 0.05) is 39.0 Å². The highest BCUT2D eigenvalue weighted by Crippen LogP contribution is 2.26. The second kappa shape index (κ2) is 6.14. The van der Waals surface area contributed by atoms with E-state index in [2.05, 4.69) is 15.9 Å². The molecule has 1 aromatic carbocycles. The van der Waals surface area contributed by atoms with Gasteiger partial charge < -0.3 is 10.5 Å². The third-order valence-corrected chi connectivity index (χ3v) is 4.14. The van der Waals surface area contributed by atoms with Gasteiger partial charge in [-0.1, -0.05) is 0 Å². The zero-order valence-electron chi connectivity index (χ0n) is 9.84. The molecule has 7 heteroatoms. The van der Waals surface area contributed by atoms with Crippen molar-refractivity contribution in [2.75, 3.05) is 0 Å². The molecule has 1 aromatic heterocycles. The van der Waals surface area contributed by atoms with Crippen LogP contribution >= 0.6 is 27.3 Å². The molecule has 0 saturated heterocycles. The molecule has 2 aromatic rings. The van der Waals surface area contributed by atoms with E-state index < -0.39 is 4.92 Å². The molecule has 0 bridgehead atoms. The SMILES string of the molecule is NCc1cc([N+](=O)[O-])ccc1OCc1cc(Br)cs1. The molecule has 1 heterocycles. The van der Waals surface area contributed by atoms with Crippen molar-refractivity contribution in [3.63, 3.8) is 0 Å². The van der Waals surface area contributed by atoms with E-state index in [-0.39, 0.29) is 12.2 Å². The summed E-state index contributed by atoms with van der Waals surface area (Å²) in [5, 5.41) is 12.7. The summed E-state index contributed by atoms with van der Waals surface area (Å²) in [6, 6.07) is 6.42. The standard InChI is InChI=1S/C12H11BrN2O3S/c13-9-4-11(19-7-9)6-18-12-2-1-10(15(16)17)3-8(12)5-14/h1-4,7H,5-6,14H2. The molecular weight excluding hydrogens is 332 g/mol. The number of nitro benzene ring substituents is 1. The van der Waals surface area contributed by atoms with Gasteiger partial charge in [-0.3, -0.25) is 10.1 Å². The van der Waals surface area contributed by atoms with Gasteiger partial charge in [0.25, 0.3) is 5.69 Å². The Morgan fingerprint density at radius 1 is 1.42 bits per heavy atom. The van der Waals surface area contributed by atoms with Gasteiger partial charge in [0.1, 0.15) is 12.4 Å². The Bertz CT molecular complexity index is 600. The van der Waals surface area contributed by atoms with Gasteiger partial charge in [-0.15, -0.1) is 11.3 Å². The molecule has 0 spiro atoms. The van der Waals surface area contributed by atoms with Crippen molar-refractivity contribution < 1.29 is 9.66 Å². The molecule has 0 aliphatic rings. The van der Waals surface area contributed by atoms with Crippen molar-refractivity contribution >= 4 is 33.0 Å². The molecule has 0 amide bonds. The lowest BCUT2D eigenvalue weighted by atomic mass is 10.2. The maximum Gasteiger partial charge on any atom is 0.270 e. The van der Waals surface area contributed by atoms with Gasteiger partial charge in [-0.05, 0) is 28.1 Å². The molecule has 100 valence electrons. The first kappa shape index (κ1) is 14.0. The first-order chi connectivity index (χ1) is 9.10. The predicted octanol–water partition coefficient (Wildman–Crippen LogP) is 3.46. The summed E-state index contributed by atoms with van der Waals surface area (Å²) in [6.45, 7) is 0.617. The van der Waals surface area contributed by atoms with Crippen LogP contribution in [0.3, 0.4) is 0 Å². The van der Waals surface area contributed by atoms with E-state index >= 15 is 0 Å². The summed E-state index contributed by atoms with van der Waals surface area (Å²) < 4.78 is 6.66. The van der Waals surface area contributed by atoms with Crippen LogP contribution in [0, 0.1) is 10.1 Å². The van der Waals surface area contributed by atoms with E-state index in [1.165, 1.54) is 12.1 Å². The maximum atomic E-state index is 10.7. The molecule has 0 aliphatic heterocycles. The Morgan fingerprint density at radius 2 is 2.21 bits per heavy atom. The van der Waals surface area contributed by atoms with E-state index in [1.807, 2.05) is 11.4 Å². The molecule has 0 atom stereocenters. The zero-order valence-corrected chi connectivity index (χ0v) is 12.2.